The Hall–Kier alpha value is -0.660. The second kappa shape index (κ2) is 8.99. The smallest absolute Gasteiger partial charge is 0.270 e. The molecule has 23 heavy (non-hydrogen) atoms. The Labute approximate surface area is 156 Å². The van der Waals surface area contributed by atoms with Crippen molar-refractivity contribution in [3.8, 4) is 9.88 Å². The average Bonchev–Trinajstić information content (AvgIpc) is 3.16. The number of thiophene rings is 1. The molecule has 0 spiro atoms. The molecule has 2 N–H and O–H groups in total. The van der Waals surface area contributed by atoms with Gasteiger partial charge in [0.15, 0.2) is 0 Å². The van der Waals surface area contributed by atoms with E-state index in [-0.39, 0.29) is 36.1 Å². The molecule has 8 heteroatoms. The maximum Gasteiger partial charge on any atom is 0.270 e. The van der Waals surface area contributed by atoms with Crippen molar-refractivity contribution in [3.05, 3.63) is 28.6 Å². The van der Waals surface area contributed by atoms with Crippen molar-refractivity contribution in [2.75, 3.05) is 19.6 Å². The number of nitrogens with zero attached hydrogens (tertiary/aromatic N) is 1. The van der Waals surface area contributed by atoms with Crippen molar-refractivity contribution in [2.24, 2.45) is 5.41 Å². The molecule has 2 aromatic rings. The molecule has 1 amide bonds. The summed E-state index contributed by atoms with van der Waals surface area (Å²) >= 11 is 3.17. The van der Waals surface area contributed by atoms with Gasteiger partial charge in [0, 0.05) is 11.9 Å². The van der Waals surface area contributed by atoms with Crippen LogP contribution in [0.15, 0.2) is 22.9 Å². The summed E-state index contributed by atoms with van der Waals surface area (Å²) in [7, 11) is 0. The van der Waals surface area contributed by atoms with E-state index in [4.69, 9.17) is 0 Å². The summed E-state index contributed by atoms with van der Waals surface area (Å²) < 4.78 is 0. The summed E-state index contributed by atoms with van der Waals surface area (Å²) in [5, 5.41) is 11.2. The molecule has 0 bridgehead atoms. The zero-order valence-corrected chi connectivity index (χ0v) is 16.1. The first kappa shape index (κ1) is 20.4. The largest absolute Gasteiger partial charge is 0.350 e. The summed E-state index contributed by atoms with van der Waals surface area (Å²) in [5.74, 6) is -0.0613. The molecular formula is C15H21Cl2N3OS2. The van der Waals surface area contributed by atoms with Crippen molar-refractivity contribution in [3.63, 3.8) is 0 Å². The molecule has 0 atom stereocenters. The average molecular weight is 394 g/mol. The van der Waals surface area contributed by atoms with Crippen LogP contribution in [-0.4, -0.2) is 30.5 Å². The van der Waals surface area contributed by atoms with E-state index in [1.807, 2.05) is 22.9 Å². The van der Waals surface area contributed by atoms with Gasteiger partial charge in [-0.1, -0.05) is 13.0 Å². The number of piperidine rings is 1. The van der Waals surface area contributed by atoms with E-state index < -0.39 is 0 Å². The molecular weight excluding hydrogens is 373 g/mol. The van der Waals surface area contributed by atoms with Crippen LogP contribution in [0.5, 0.6) is 0 Å². The second-order valence-corrected chi connectivity index (χ2v) is 7.56. The van der Waals surface area contributed by atoms with Gasteiger partial charge in [0.05, 0.1) is 4.88 Å². The molecule has 0 aromatic carbocycles. The Kier molecular flexibility index (Phi) is 7.97. The summed E-state index contributed by atoms with van der Waals surface area (Å²) in [6, 6.07) is 4.03. The van der Waals surface area contributed by atoms with Gasteiger partial charge in [-0.3, -0.25) is 4.79 Å². The molecule has 1 fully saturated rings. The maximum absolute atomic E-state index is 12.2. The van der Waals surface area contributed by atoms with Gasteiger partial charge in [0.1, 0.15) is 10.7 Å². The Bertz CT molecular complexity index is 610. The van der Waals surface area contributed by atoms with Crippen LogP contribution >= 0.6 is 47.5 Å². The van der Waals surface area contributed by atoms with E-state index in [9.17, 15) is 4.79 Å². The first-order valence-electron chi connectivity index (χ1n) is 7.15. The highest BCUT2D eigenvalue weighted by atomic mass is 35.5. The Morgan fingerprint density at radius 3 is 2.74 bits per heavy atom. The number of amides is 1. The topological polar surface area (TPSA) is 54.0 Å². The van der Waals surface area contributed by atoms with Gasteiger partial charge in [-0.05, 0) is 42.8 Å². The Morgan fingerprint density at radius 2 is 2.09 bits per heavy atom. The van der Waals surface area contributed by atoms with Crippen molar-refractivity contribution in [2.45, 2.75) is 19.8 Å². The van der Waals surface area contributed by atoms with Gasteiger partial charge in [0.2, 0.25) is 0 Å². The molecule has 4 nitrogen and oxygen atoms in total. The first-order valence-corrected chi connectivity index (χ1v) is 8.91. The number of aromatic nitrogens is 1. The molecule has 128 valence electrons. The highest BCUT2D eigenvalue weighted by molar-refractivity contribution is 7.20. The first-order chi connectivity index (χ1) is 10.2. The number of thiazole rings is 1. The molecule has 3 rings (SSSR count). The highest BCUT2D eigenvalue weighted by Gasteiger charge is 2.27. The van der Waals surface area contributed by atoms with Gasteiger partial charge in [-0.15, -0.1) is 47.5 Å². The zero-order chi connectivity index (χ0) is 14.7. The standard InChI is InChI=1S/C15H19N3OS2.2ClH/c1-15(4-6-16-7-5-15)10-17-13(19)11-9-21-14(18-11)12-3-2-8-20-12;;/h2-3,8-9,16H,4-7,10H2,1H3,(H,17,19);2*1H. The van der Waals surface area contributed by atoms with E-state index in [0.29, 0.717) is 5.69 Å². The minimum atomic E-state index is -0.0613. The number of hydrogen-bond donors (Lipinski definition) is 2. The predicted octanol–water partition coefficient (Wildman–Crippen LogP) is 3.83. The van der Waals surface area contributed by atoms with Crippen LogP contribution in [0, 0.1) is 5.41 Å². The van der Waals surface area contributed by atoms with E-state index in [1.165, 1.54) is 11.3 Å². The number of carbonyl (C=O) groups is 1. The van der Waals surface area contributed by atoms with Crippen LogP contribution in [0.4, 0.5) is 0 Å². The van der Waals surface area contributed by atoms with Crippen LogP contribution in [0.25, 0.3) is 9.88 Å². The minimum absolute atomic E-state index is 0. The fourth-order valence-electron chi connectivity index (χ4n) is 2.48. The van der Waals surface area contributed by atoms with E-state index in [1.54, 1.807) is 11.3 Å². The molecule has 1 aliphatic heterocycles. The lowest BCUT2D eigenvalue weighted by Crippen LogP contribution is -2.42. The minimum Gasteiger partial charge on any atom is -0.350 e. The SMILES string of the molecule is CC1(CNC(=O)c2csc(-c3cccs3)n2)CCNCC1.Cl.Cl. The number of hydrogen-bond acceptors (Lipinski definition) is 5. The van der Waals surface area contributed by atoms with Crippen LogP contribution in [0.3, 0.4) is 0 Å². The van der Waals surface area contributed by atoms with Gasteiger partial charge in [-0.2, -0.15) is 0 Å². The maximum atomic E-state index is 12.2. The Balaban J connectivity index is 0.00000132. The van der Waals surface area contributed by atoms with Gasteiger partial charge < -0.3 is 10.6 Å². The van der Waals surface area contributed by atoms with Crippen molar-refractivity contribution in [1.29, 1.82) is 0 Å². The number of nitrogens with one attached hydrogen (secondary N) is 2. The van der Waals surface area contributed by atoms with E-state index >= 15 is 0 Å². The summed E-state index contributed by atoms with van der Waals surface area (Å²) in [6.07, 6.45) is 2.20. The zero-order valence-electron chi connectivity index (χ0n) is 12.8. The predicted molar refractivity (Wildman–Crippen MR) is 102 cm³/mol. The third kappa shape index (κ3) is 5.16. The van der Waals surface area contributed by atoms with Crippen molar-refractivity contribution in [1.82, 2.24) is 15.6 Å². The normalized spacial score (nSPS) is 16.0. The molecule has 1 aliphatic rings. The number of halogens is 2. The van der Waals surface area contributed by atoms with Gasteiger partial charge in [-0.25, -0.2) is 4.98 Å². The van der Waals surface area contributed by atoms with Crippen LogP contribution in [-0.2, 0) is 0 Å². The van der Waals surface area contributed by atoms with Gasteiger partial charge in [0.25, 0.3) is 5.91 Å². The van der Waals surface area contributed by atoms with Crippen LogP contribution in [0.2, 0.25) is 0 Å². The fourth-order valence-corrected chi connectivity index (χ4v) is 4.10. The van der Waals surface area contributed by atoms with E-state index in [2.05, 4.69) is 22.5 Å². The molecule has 0 radical (unpaired) electrons. The van der Waals surface area contributed by atoms with E-state index in [0.717, 1.165) is 42.4 Å². The highest BCUT2D eigenvalue weighted by Crippen LogP contribution is 2.29. The third-order valence-corrected chi connectivity index (χ3v) is 5.84. The van der Waals surface area contributed by atoms with Crippen LogP contribution in [0.1, 0.15) is 30.3 Å². The monoisotopic (exact) mass is 393 g/mol. The Morgan fingerprint density at radius 1 is 1.35 bits per heavy atom. The van der Waals surface area contributed by atoms with Crippen molar-refractivity contribution >= 4 is 53.4 Å². The molecule has 0 aliphatic carbocycles. The number of rotatable bonds is 4. The lowest BCUT2D eigenvalue weighted by atomic mass is 9.81. The fraction of sp³-hybridized carbons (Fsp3) is 0.467. The summed E-state index contributed by atoms with van der Waals surface area (Å²) in [5.41, 5.74) is 0.731. The molecule has 1 saturated heterocycles. The molecule has 2 aromatic heterocycles. The lowest BCUT2D eigenvalue weighted by Gasteiger charge is -2.34. The van der Waals surface area contributed by atoms with Crippen molar-refractivity contribution < 1.29 is 4.79 Å². The summed E-state index contributed by atoms with van der Waals surface area (Å²) in [6.45, 7) is 5.03. The third-order valence-electron chi connectivity index (χ3n) is 3.96. The molecule has 0 saturated carbocycles. The quantitative estimate of drug-likeness (QED) is 0.829. The number of carbonyl (C=O) groups excluding carboxylic acids is 1. The summed E-state index contributed by atoms with van der Waals surface area (Å²) in [4.78, 5) is 17.8. The van der Waals surface area contributed by atoms with Gasteiger partial charge >= 0.3 is 0 Å². The second-order valence-electron chi connectivity index (χ2n) is 5.76. The molecule has 0 unspecified atom stereocenters. The van der Waals surface area contributed by atoms with Crippen LogP contribution < -0.4 is 10.6 Å². The lowest BCUT2D eigenvalue weighted by molar-refractivity contribution is 0.0918. The molecule has 3 heterocycles.